The Kier molecular flexibility index (Phi) is 4.95. The predicted octanol–water partition coefficient (Wildman–Crippen LogP) is 3.89. The number of fused-ring (bicyclic) bond motifs is 1. The Bertz CT molecular complexity index is 993. The van der Waals surface area contributed by atoms with Gasteiger partial charge in [0, 0.05) is 11.1 Å². The van der Waals surface area contributed by atoms with E-state index in [0.717, 1.165) is 5.56 Å². The first-order chi connectivity index (χ1) is 12.0. The number of carbonyl (C=O) groups is 1. The molecule has 126 valence electrons. The number of aromatic nitrogens is 2. The summed E-state index contributed by atoms with van der Waals surface area (Å²) < 4.78 is 5.30. The standard InChI is InChI=1S/C19H15ClN2O3/c1-12(18-21-16-5-3-2-4-15(16)19(24)22-18)25-17(23)11-8-13-6-9-14(20)10-7-13/h2-12H,1H3,(H,21,22,24)/b11-8+/t12-/m1/s1. The van der Waals surface area contributed by atoms with Crippen molar-refractivity contribution in [1.29, 1.82) is 0 Å². The quantitative estimate of drug-likeness (QED) is 0.569. The van der Waals surface area contributed by atoms with Crippen molar-refractivity contribution < 1.29 is 9.53 Å². The molecule has 0 bridgehead atoms. The zero-order valence-electron chi connectivity index (χ0n) is 13.4. The van der Waals surface area contributed by atoms with Crippen molar-refractivity contribution in [3.8, 4) is 0 Å². The second-order valence-electron chi connectivity index (χ2n) is 5.43. The molecule has 1 aromatic heterocycles. The predicted molar refractivity (Wildman–Crippen MR) is 97.4 cm³/mol. The average Bonchev–Trinajstić information content (AvgIpc) is 2.61. The third-order valence-corrected chi connectivity index (χ3v) is 3.84. The van der Waals surface area contributed by atoms with E-state index in [2.05, 4.69) is 9.97 Å². The molecule has 0 radical (unpaired) electrons. The Morgan fingerprint density at radius 1 is 1.20 bits per heavy atom. The molecule has 1 atom stereocenters. The molecule has 2 aromatic carbocycles. The lowest BCUT2D eigenvalue weighted by Crippen LogP contribution is -2.16. The fourth-order valence-electron chi connectivity index (χ4n) is 2.30. The minimum atomic E-state index is -0.681. The fourth-order valence-corrected chi connectivity index (χ4v) is 2.43. The van der Waals surface area contributed by atoms with Gasteiger partial charge in [-0.3, -0.25) is 4.79 Å². The Balaban J connectivity index is 1.73. The number of esters is 1. The van der Waals surface area contributed by atoms with E-state index in [4.69, 9.17) is 16.3 Å². The third-order valence-electron chi connectivity index (χ3n) is 3.59. The van der Waals surface area contributed by atoms with Gasteiger partial charge in [-0.25, -0.2) is 9.78 Å². The van der Waals surface area contributed by atoms with Gasteiger partial charge in [0.1, 0.15) is 0 Å². The van der Waals surface area contributed by atoms with Crippen LogP contribution in [0.4, 0.5) is 0 Å². The topological polar surface area (TPSA) is 72.0 Å². The van der Waals surface area contributed by atoms with Crippen LogP contribution in [0, 0.1) is 0 Å². The van der Waals surface area contributed by atoms with Crippen LogP contribution in [0.25, 0.3) is 17.0 Å². The number of H-pyrrole nitrogens is 1. The molecule has 1 heterocycles. The molecule has 25 heavy (non-hydrogen) atoms. The summed E-state index contributed by atoms with van der Waals surface area (Å²) in [4.78, 5) is 31.0. The second kappa shape index (κ2) is 7.32. The molecule has 0 aliphatic carbocycles. The maximum absolute atomic E-state index is 12.1. The van der Waals surface area contributed by atoms with Crippen LogP contribution >= 0.6 is 11.6 Å². The highest BCUT2D eigenvalue weighted by Crippen LogP contribution is 2.15. The Labute approximate surface area is 148 Å². The number of hydrogen-bond donors (Lipinski definition) is 1. The van der Waals surface area contributed by atoms with Crippen molar-refractivity contribution in [2.45, 2.75) is 13.0 Å². The molecule has 1 N–H and O–H groups in total. The van der Waals surface area contributed by atoms with Crippen LogP contribution in [-0.4, -0.2) is 15.9 Å². The van der Waals surface area contributed by atoms with Crippen molar-refractivity contribution in [1.82, 2.24) is 9.97 Å². The van der Waals surface area contributed by atoms with Crippen LogP contribution < -0.4 is 5.56 Å². The van der Waals surface area contributed by atoms with E-state index in [-0.39, 0.29) is 5.56 Å². The Morgan fingerprint density at radius 2 is 1.92 bits per heavy atom. The Morgan fingerprint density at radius 3 is 2.68 bits per heavy atom. The summed E-state index contributed by atoms with van der Waals surface area (Å²) in [6.45, 7) is 1.65. The lowest BCUT2D eigenvalue weighted by molar-refractivity contribution is -0.142. The molecule has 3 aromatic rings. The molecule has 0 aliphatic rings. The molecular formula is C19H15ClN2O3. The van der Waals surface area contributed by atoms with Gasteiger partial charge in [-0.2, -0.15) is 0 Å². The highest BCUT2D eigenvalue weighted by molar-refractivity contribution is 6.30. The van der Waals surface area contributed by atoms with Crippen LogP contribution in [0.5, 0.6) is 0 Å². The molecular weight excluding hydrogens is 340 g/mol. The lowest BCUT2D eigenvalue weighted by Gasteiger charge is -2.11. The molecule has 0 aliphatic heterocycles. The van der Waals surface area contributed by atoms with Crippen molar-refractivity contribution >= 4 is 34.5 Å². The van der Waals surface area contributed by atoms with E-state index in [0.29, 0.717) is 21.7 Å². The number of carbonyl (C=O) groups excluding carboxylic acids is 1. The van der Waals surface area contributed by atoms with Gasteiger partial charge in [-0.05, 0) is 42.8 Å². The summed E-state index contributed by atoms with van der Waals surface area (Å²) in [5, 5.41) is 1.12. The molecule has 0 spiro atoms. The van der Waals surface area contributed by atoms with Gasteiger partial charge >= 0.3 is 5.97 Å². The number of halogens is 1. The van der Waals surface area contributed by atoms with Gasteiger partial charge in [-0.15, -0.1) is 0 Å². The molecule has 0 saturated heterocycles. The second-order valence-corrected chi connectivity index (χ2v) is 5.87. The van der Waals surface area contributed by atoms with Crippen molar-refractivity contribution in [2.75, 3.05) is 0 Å². The first kappa shape index (κ1) is 16.9. The minimum absolute atomic E-state index is 0.264. The number of nitrogens with one attached hydrogen (secondary N) is 1. The fraction of sp³-hybridized carbons (Fsp3) is 0.105. The van der Waals surface area contributed by atoms with Crippen LogP contribution in [0.1, 0.15) is 24.4 Å². The number of nitrogens with zero attached hydrogens (tertiary/aromatic N) is 1. The van der Waals surface area contributed by atoms with Crippen molar-refractivity contribution in [3.63, 3.8) is 0 Å². The number of aromatic amines is 1. The summed E-state index contributed by atoms with van der Waals surface area (Å²) in [7, 11) is 0. The van der Waals surface area contributed by atoms with Gasteiger partial charge in [0.05, 0.1) is 10.9 Å². The smallest absolute Gasteiger partial charge is 0.331 e. The highest BCUT2D eigenvalue weighted by atomic mass is 35.5. The number of benzene rings is 2. The van der Waals surface area contributed by atoms with E-state index in [9.17, 15) is 9.59 Å². The molecule has 6 heteroatoms. The summed E-state index contributed by atoms with van der Waals surface area (Å²) in [6.07, 6.45) is 2.26. The first-order valence-electron chi connectivity index (χ1n) is 7.66. The molecule has 0 unspecified atom stereocenters. The van der Waals surface area contributed by atoms with E-state index >= 15 is 0 Å². The van der Waals surface area contributed by atoms with Crippen molar-refractivity contribution in [3.05, 3.63) is 81.4 Å². The zero-order chi connectivity index (χ0) is 17.8. The van der Waals surface area contributed by atoms with Crippen LogP contribution in [0.15, 0.2) is 59.4 Å². The highest BCUT2D eigenvalue weighted by Gasteiger charge is 2.14. The molecule has 0 amide bonds. The average molecular weight is 355 g/mol. The minimum Gasteiger partial charge on any atom is -0.451 e. The van der Waals surface area contributed by atoms with Gasteiger partial charge in [-0.1, -0.05) is 35.9 Å². The summed E-state index contributed by atoms with van der Waals surface area (Å²) in [5.41, 5.74) is 1.12. The van der Waals surface area contributed by atoms with E-state index in [1.54, 1.807) is 61.5 Å². The van der Waals surface area contributed by atoms with E-state index in [1.807, 2.05) is 0 Å². The van der Waals surface area contributed by atoms with E-state index < -0.39 is 12.1 Å². The summed E-state index contributed by atoms with van der Waals surface area (Å²) in [6, 6.07) is 14.0. The Hall–Kier alpha value is -2.92. The number of para-hydroxylation sites is 1. The summed E-state index contributed by atoms with van der Waals surface area (Å²) in [5.74, 6) is -0.227. The third kappa shape index (κ3) is 4.14. The zero-order valence-corrected chi connectivity index (χ0v) is 14.2. The molecule has 3 rings (SSSR count). The lowest BCUT2D eigenvalue weighted by atomic mass is 10.2. The normalized spacial score (nSPS) is 12.4. The van der Waals surface area contributed by atoms with Crippen molar-refractivity contribution in [2.24, 2.45) is 0 Å². The maximum atomic E-state index is 12.1. The van der Waals surface area contributed by atoms with E-state index in [1.165, 1.54) is 6.08 Å². The first-order valence-corrected chi connectivity index (χ1v) is 8.04. The van der Waals surface area contributed by atoms with Crippen LogP contribution in [0.2, 0.25) is 5.02 Å². The monoisotopic (exact) mass is 354 g/mol. The van der Waals surface area contributed by atoms with Gasteiger partial charge in [0.2, 0.25) is 0 Å². The van der Waals surface area contributed by atoms with Crippen LogP contribution in [-0.2, 0) is 9.53 Å². The number of hydrogen-bond acceptors (Lipinski definition) is 4. The molecule has 0 saturated carbocycles. The number of rotatable bonds is 4. The van der Waals surface area contributed by atoms with Gasteiger partial charge in [0.15, 0.2) is 11.9 Å². The van der Waals surface area contributed by atoms with Crippen LogP contribution in [0.3, 0.4) is 0 Å². The largest absolute Gasteiger partial charge is 0.451 e. The van der Waals surface area contributed by atoms with Gasteiger partial charge in [0.25, 0.3) is 5.56 Å². The van der Waals surface area contributed by atoms with Gasteiger partial charge < -0.3 is 9.72 Å². The molecule has 5 nitrogen and oxygen atoms in total. The molecule has 0 fully saturated rings. The summed E-state index contributed by atoms with van der Waals surface area (Å²) >= 11 is 5.81. The maximum Gasteiger partial charge on any atom is 0.331 e. The SMILES string of the molecule is C[C@@H](OC(=O)/C=C/c1ccc(Cl)cc1)c1nc2ccccc2c(=O)[nH]1. The number of ether oxygens (including phenoxy) is 1.